The number of rotatable bonds is 4. The fourth-order valence-corrected chi connectivity index (χ4v) is 1.91. The van der Waals surface area contributed by atoms with Crippen LogP contribution in [0, 0.1) is 21.7 Å². The van der Waals surface area contributed by atoms with Crippen molar-refractivity contribution in [2.24, 2.45) is 0 Å². The number of benzene rings is 2. The van der Waals surface area contributed by atoms with Gasteiger partial charge in [0.1, 0.15) is 11.6 Å². The van der Waals surface area contributed by atoms with Crippen molar-refractivity contribution >= 4 is 21.6 Å². The lowest BCUT2D eigenvalue weighted by Gasteiger charge is -2.10. The van der Waals surface area contributed by atoms with E-state index in [-0.39, 0.29) is 17.2 Å². The first-order chi connectivity index (χ1) is 9.92. The van der Waals surface area contributed by atoms with Crippen molar-refractivity contribution in [2.45, 2.75) is 0 Å². The number of halogens is 3. The second-order valence-electron chi connectivity index (χ2n) is 3.89. The molecule has 2 aromatic carbocycles. The summed E-state index contributed by atoms with van der Waals surface area (Å²) in [6.07, 6.45) is 0. The highest BCUT2D eigenvalue weighted by molar-refractivity contribution is 9.10. The Kier molecular flexibility index (Phi) is 4.37. The zero-order chi connectivity index (χ0) is 15.6. The largest absolute Gasteiger partial charge is 0.494 e. The highest BCUT2D eigenvalue weighted by Gasteiger charge is 2.21. The molecule has 0 atom stereocenters. The van der Waals surface area contributed by atoms with E-state index < -0.39 is 22.2 Å². The molecular formula is C13H8BrF2NO4. The number of hydrogen-bond donors (Lipinski definition) is 0. The molecule has 0 aliphatic carbocycles. The van der Waals surface area contributed by atoms with E-state index in [0.717, 1.165) is 12.1 Å². The maximum Gasteiger partial charge on any atom is 0.314 e. The number of nitrogens with zero attached hydrogens (tertiary/aromatic N) is 1. The third kappa shape index (κ3) is 3.27. The van der Waals surface area contributed by atoms with Crippen LogP contribution in [0.25, 0.3) is 0 Å². The lowest BCUT2D eigenvalue weighted by atomic mass is 10.2. The van der Waals surface area contributed by atoms with Crippen LogP contribution in [0.2, 0.25) is 0 Å². The third-order valence-electron chi connectivity index (χ3n) is 2.54. The molecule has 0 aliphatic heterocycles. The first kappa shape index (κ1) is 15.2. The van der Waals surface area contributed by atoms with Gasteiger partial charge in [0.05, 0.1) is 22.6 Å². The van der Waals surface area contributed by atoms with Crippen LogP contribution in [0.3, 0.4) is 0 Å². The van der Waals surface area contributed by atoms with E-state index in [1.54, 1.807) is 0 Å². The summed E-state index contributed by atoms with van der Waals surface area (Å²) in [6.45, 7) is 0. The van der Waals surface area contributed by atoms with E-state index >= 15 is 0 Å². The molecule has 21 heavy (non-hydrogen) atoms. The maximum absolute atomic E-state index is 13.5. The quantitative estimate of drug-likeness (QED) is 0.598. The number of ether oxygens (including phenoxy) is 2. The van der Waals surface area contributed by atoms with Crippen LogP contribution in [-0.4, -0.2) is 12.0 Å². The number of hydrogen-bond acceptors (Lipinski definition) is 4. The molecule has 0 spiro atoms. The summed E-state index contributed by atoms with van der Waals surface area (Å²) in [4.78, 5) is 10.1. The molecule has 0 unspecified atom stereocenters. The topological polar surface area (TPSA) is 61.6 Å². The van der Waals surface area contributed by atoms with Gasteiger partial charge in [0.2, 0.25) is 5.75 Å². The van der Waals surface area contributed by atoms with Gasteiger partial charge >= 0.3 is 5.69 Å². The Morgan fingerprint density at radius 2 is 1.86 bits per heavy atom. The molecule has 0 radical (unpaired) electrons. The fraction of sp³-hybridized carbons (Fsp3) is 0.0769. The van der Waals surface area contributed by atoms with Crippen LogP contribution in [-0.2, 0) is 0 Å². The average molecular weight is 360 g/mol. The summed E-state index contributed by atoms with van der Waals surface area (Å²) in [5.41, 5.74) is -0.593. The van der Waals surface area contributed by atoms with Crippen LogP contribution in [0.4, 0.5) is 14.5 Å². The average Bonchev–Trinajstić information content (AvgIpc) is 2.44. The van der Waals surface area contributed by atoms with Crippen molar-refractivity contribution in [3.63, 3.8) is 0 Å². The maximum atomic E-state index is 13.5. The van der Waals surface area contributed by atoms with Gasteiger partial charge in [0, 0.05) is 12.1 Å². The summed E-state index contributed by atoms with van der Waals surface area (Å²) in [5.74, 6) is -1.93. The van der Waals surface area contributed by atoms with Gasteiger partial charge in [-0.1, -0.05) is 0 Å². The van der Waals surface area contributed by atoms with Gasteiger partial charge in [-0.3, -0.25) is 10.1 Å². The number of nitro benzene ring substituents is 1. The second-order valence-corrected chi connectivity index (χ2v) is 4.74. The molecule has 2 rings (SSSR count). The number of nitro groups is 1. The summed E-state index contributed by atoms with van der Waals surface area (Å²) in [7, 11) is 1.21. The third-order valence-corrected chi connectivity index (χ3v) is 3.20. The first-order valence-corrected chi connectivity index (χ1v) is 6.36. The van der Waals surface area contributed by atoms with Crippen molar-refractivity contribution in [1.29, 1.82) is 0 Å². The monoisotopic (exact) mass is 359 g/mol. The lowest BCUT2D eigenvalue weighted by molar-refractivity contribution is -0.385. The Morgan fingerprint density at radius 3 is 2.48 bits per heavy atom. The molecular weight excluding hydrogens is 352 g/mol. The molecule has 0 saturated carbocycles. The van der Waals surface area contributed by atoms with Crippen LogP contribution >= 0.6 is 15.9 Å². The standard InChI is InChI=1S/C13H8BrF2NO4/c1-20-12-6-13(10(17(18)19)5-9(12)16)21-11-4-7(15)2-3-8(11)14/h2-6H,1H3. The molecule has 8 heteroatoms. The number of methoxy groups -OCH3 is 1. The predicted molar refractivity (Wildman–Crippen MR) is 73.8 cm³/mol. The summed E-state index contributed by atoms with van der Waals surface area (Å²) in [6, 6.07) is 5.34. The van der Waals surface area contributed by atoms with Crippen LogP contribution < -0.4 is 9.47 Å². The Bertz CT molecular complexity index is 709. The van der Waals surface area contributed by atoms with E-state index in [0.29, 0.717) is 10.5 Å². The van der Waals surface area contributed by atoms with E-state index in [4.69, 9.17) is 9.47 Å². The summed E-state index contributed by atoms with van der Waals surface area (Å²) in [5, 5.41) is 10.9. The van der Waals surface area contributed by atoms with E-state index in [9.17, 15) is 18.9 Å². The SMILES string of the molecule is COc1cc(Oc2cc(F)ccc2Br)c([N+](=O)[O-])cc1F. The van der Waals surface area contributed by atoms with Gasteiger partial charge in [-0.25, -0.2) is 8.78 Å². The Balaban J connectivity index is 2.51. The Labute approximate surface area is 126 Å². The minimum atomic E-state index is -0.894. The summed E-state index contributed by atoms with van der Waals surface area (Å²) >= 11 is 3.13. The Morgan fingerprint density at radius 1 is 1.14 bits per heavy atom. The lowest BCUT2D eigenvalue weighted by Crippen LogP contribution is -1.97. The molecule has 2 aromatic rings. The van der Waals surface area contributed by atoms with Gasteiger partial charge in [0.25, 0.3) is 0 Å². The molecule has 0 N–H and O–H groups in total. The van der Waals surface area contributed by atoms with E-state index in [2.05, 4.69) is 15.9 Å². The normalized spacial score (nSPS) is 10.3. The molecule has 0 aromatic heterocycles. The molecule has 0 bridgehead atoms. The molecule has 5 nitrogen and oxygen atoms in total. The molecule has 0 fully saturated rings. The first-order valence-electron chi connectivity index (χ1n) is 5.57. The molecule has 0 amide bonds. The van der Waals surface area contributed by atoms with Gasteiger partial charge in [0.15, 0.2) is 11.6 Å². The molecule has 110 valence electrons. The zero-order valence-corrected chi connectivity index (χ0v) is 12.2. The van der Waals surface area contributed by atoms with E-state index in [1.165, 1.54) is 19.2 Å². The Hall–Kier alpha value is -2.22. The van der Waals surface area contributed by atoms with Crippen LogP contribution in [0.5, 0.6) is 17.2 Å². The van der Waals surface area contributed by atoms with Gasteiger partial charge in [-0.15, -0.1) is 0 Å². The van der Waals surface area contributed by atoms with Gasteiger partial charge in [-0.2, -0.15) is 0 Å². The molecule has 0 saturated heterocycles. The van der Waals surface area contributed by atoms with Crippen LogP contribution in [0.15, 0.2) is 34.8 Å². The minimum Gasteiger partial charge on any atom is -0.494 e. The van der Waals surface area contributed by atoms with Gasteiger partial charge < -0.3 is 9.47 Å². The fourth-order valence-electron chi connectivity index (χ4n) is 1.58. The van der Waals surface area contributed by atoms with Crippen molar-refractivity contribution in [1.82, 2.24) is 0 Å². The summed E-state index contributed by atoms with van der Waals surface area (Å²) < 4.78 is 37.2. The van der Waals surface area contributed by atoms with E-state index in [1.807, 2.05) is 0 Å². The second kappa shape index (κ2) is 6.04. The smallest absolute Gasteiger partial charge is 0.314 e. The highest BCUT2D eigenvalue weighted by atomic mass is 79.9. The molecule has 0 heterocycles. The van der Waals surface area contributed by atoms with Crippen molar-refractivity contribution in [3.05, 3.63) is 56.6 Å². The van der Waals surface area contributed by atoms with Crippen LogP contribution in [0.1, 0.15) is 0 Å². The minimum absolute atomic E-state index is 0.0201. The van der Waals surface area contributed by atoms with Crippen molar-refractivity contribution < 1.29 is 23.2 Å². The predicted octanol–water partition coefficient (Wildman–Crippen LogP) is 4.44. The highest BCUT2D eigenvalue weighted by Crippen LogP contribution is 2.38. The van der Waals surface area contributed by atoms with Crippen molar-refractivity contribution in [2.75, 3.05) is 7.11 Å². The van der Waals surface area contributed by atoms with Crippen molar-refractivity contribution in [3.8, 4) is 17.2 Å². The molecule has 0 aliphatic rings. The van der Waals surface area contributed by atoms with Gasteiger partial charge in [-0.05, 0) is 28.1 Å². The zero-order valence-electron chi connectivity index (χ0n) is 10.6.